The highest BCUT2D eigenvalue weighted by Gasteiger charge is 2.47. The largest absolute Gasteiger partial charge is 0.481 e. The van der Waals surface area contributed by atoms with Crippen molar-refractivity contribution in [1.82, 2.24) is 0 Å². The van der Waals surface area contributed by atoms with Crippen LogP contribution in [-0.4, -0.2) is 45.8 Å². The Morgan fingerprint density at radius 2 is 1.78 bits per heavy atom. The lowest BCUT2D eigenvalue weighted by Crippen LogP contribution is -2.28. The first-order chi connectivity index (χ1) is 13.2. The van der Waals surface area contributed by atoms with Gasteiger partial charge in [-0.05, 0) is 62.5 Å². The van der Waals surface area contributed by atoms with Gasteiger partial charge in [-0.25, -0.2) is 0 Å². The van der Waals surface area contributed by atoms with E-state index in [0.717, 1.165) is 30.4 Å². The van der Waals surface area contributed by atoms with Crippen LogP contribution in [0.25, 0.3) is 0 Å². The normalized spacial score (nSPS) is 31.1. The Morgan fingerprint density at radius 3 is 2.56 bits per heavy atom. The van der Waals surface area contributed by atoms with Crippen LogP contribution in [0.3, 0.4) is 0 Å². The van der Waals surface area contributed by atoms with Crippen LogP contribution < -0.4 is 0 Å². The first-order valence-corrected chi connectivity index (χ1v) is 13.2. The van der Waals surface area contributed by atoms with E-state index in [9.17, 15) is 4.79 Å². The lowest BCUT2D eigenvalue weighted by Gasteiger charge is -2.27. The van der Waals surface area contributed by atoms with Crippen LogP contribution >= 0.6 is 23.5 Å². The smallest absolute Gasteiger partial charge is 0.303 e. The molecule has 0 radical (unpaired) electrons. The third-order valence-electron chi connectivity index (χ3n) is 6.37. The maximum atomic E-state index is 10.6. The molecule has 3 rings (SSSR count). The Bertz CT molecular complexity index is 476. The van der Waals surface area contributed by atoms with Gasteiger partial charge in [-0.2, -0.15) is 23.5 Å². The minimum atomic E-state index is -0.691. The SMILES string of the molecule is O=C(O)CCCC=CC[C@@H]1[C@@H](CSCCSC2CCCCC2)[C@@H]2CC[C@H]1O2. The summed E-state index contributed by atoms with van der Waals surface area (Å²) in [5.41, 5.74) is 0. The van der Waals surface area contributed by atoms with E-state index in [4.69, 9.17) is 9.84 Å². The zero-order valence-electron chi connectivity index (χ0n) is 16.5. The molecule has 27 heavy (non-hydrogen) atoms. The number of allylic oxidation sites excluding steroid dienone is 2. The molecule has 2 saturated heterocycles. The fraction of sp³-hybridized carbons (Fsp3) is 0.864. The molecule has 3 fully saturated rings. The molecule has 4 atom stereocenters. The summed E-state index contributed by atoms with van der Waals surface area (Å²) in [6.45, 7) is 0. The van der Waals surface area contributed by atoms with Crippen molar-refractivity contribution in [2.75, 3.05) is 17.3 Å². The molecule has 0 aromatic rings. The Balaban J connectivity index is 1.31. The lowest BCUT2D eigenvalue weighted by molar-refractivity contribution is -0.137. The molecule has 3 nitrogen and oxygen atoms in total. The number of hydrogen-bond acceptors (Lipinski definition) is 4. The Hall–Kier alpha value is -0.130. The van der Waals surface area contributed by atoms with Gasteiger partial charge in [-0.1, -0.05) is 31.4 Å². The Morgan fingerprint density at radius 1 is 1.00 bits per heavy atom. The maximum Gasteiger partial charge on any atom is 0.303 e. The van der Waals surface area contributed by atoms with Gasteiger partial charge >= 0.3 is 5.97 Å². The van der Waals surface area contributed by atoms with Crippen LogP contribution in [0.1, 0.15) is 70.6 Å². The molecule has 2 aliphatic heterocycles. The van der Waals surface area contributed by atoms with Crippen molar-refractivity contribution in [2.45, 2.75) is 88.1 Å². The molecule has 0 aromatic carbocycles. The number of carboxylic acid groups (broad SMARTS) is 1. The first kappa shape index (κ1) is 21.6. The second-order valence-corrected chi connectivity index (χ2v) is 10.9. The summed E-state index contributed by atoms with van der Waals surface area (Å²) in [6.07, 6.45) is 18.2. The number of ether oxygens (including phenoxy) is 1. The van der Waals surface area contributed by atoms with Crippen molar-refractivity contribution in [3.8, 4) is 0 Å². The van der Waals surface area contributed by atoms with E-state index >= 15 is 0 Å². The summed E-state index contributed by atoms with van der Waals surface area (Å²) < 4.78 is 6.23. The molecule has 0 amide bonds. The van der Waals surface area contributed by atoms with Crippen LogP contribution in [0.4, 0.5) is 0 Å². The van der Waals surface area contributed by atoms with E-state index in [1.165, 1.54) is 62.2 Å². The standard InChI is InChI=1S/C22H36O3S2/c23-22(24)11-7-2-1-6-10-18-19(21-13-12-20(18)25-21)16-26-14-15-27-17-8-4-3-5-9-17/h1,6,17-21H,2-5,7-16H2,(H,23,24)/t18-,19-,20-,21+/m1/s1. The quantitative estimate of drug-likeness (QED) is 0.325. The van der Waals surface area contributed by atoms with Gasteiger partial charge < -0.3 is 9.84 Å². The molecule has 1 aliphatic carbocycles. The first-order valence-electron chi connectivity index (χ1n) is 11.0. The number of carbonyl (C=O) groups is 1. The van der Waals surface area contributed by atoms with Gasteiger partial charge in [-0.15, -0.1) is 0 Å². The molecule has 154 valence electrons. The third kappa shape index (κ3) is 7.01. The monoisotopic (exact) mass is 412 g/mol. The average Bonchev–Trinajstić information content (AvgIpc) is 3.27. The van der Waals surface area contributed by atoms with Gasteiger partial charge in [0.25, 0.3) is 0 Å². The van der Waals surface area contributed by atoms with Crippen molar-refractivity contribution in [3.05, 3.63) is 12.2 Å². The number of carboxylic acids is 1. The van der Waals surface area contributed by atoms with Crippen LogP contribution in [0, 0.1) is 11.8 Å². The summed E-state index contributed by atoms with van der Waals surface area (Å²) in [5.74, 6) is 4.56. The fourth-order valence-electron chi connectivity index (χ4n) is 4.90. The number of aliphatic carboxylic acids is 1. The molecule has 1 saturated carbocycles. The van der Waals surface area contributed by atoms with Crippen LogP contribution in [0.15, 0.2) is 12.2 Å². The summed E-state index contributed by atoms with van der Waals surface area (Å²) in [6, 6.07) is 0. The van der Waals surface area contributed by atoms with E-state index in [1.54, 1.807) is 0 Å². The zero-order valence-corrected chi connectivity index (χ0v) is 18.2. The summed E-state index contributed by atoms with van der Waals surface area (Å²) in [7, 11) is 0. The minimum absolute atomic E-state index is 0.277. The van der Waals surface area contributed by atoms with Gasteiger partial charge in [0.15, 0.2) is 0 Å². The molecule has 0 spiro atoms. The van der Waals surface area contributed by atoms with Gasteiger partial charge in [-0.3, -0.25) is 4.79 Å². The number of rotatable bonds is 12. The van der Waals surface area contributed by atoms with Crippen molar-refractivity contribution in [3.63, 3.8) is 0 Å². The number of fused-ring (bicyclic) bond motifs is 2. The molecule has 2 heterocycles. The number of hydrogen-bond donors (Lipinski definition) is 1. The van der Waals surface area contributed by atoms with E-state index in [-0.39, 0.29) is 6.42 Å². The van der Waals surface area contributed by atoms with E-state index < -0.39 is 5.97 Å². The van der Waals surface area contributed by atoms with Gasteiger partial charge in [0.05, 0.1) is 12.2 Å². The van der Waals surface area contributed by atoms with Gasteiger partial charge in [0, 0.05) is 23.2 Å². The average molecular weight is 413 g/mol. The highest BCUT2D eigenvalue weighted by Crippen LogP contribution is 2.46. The lowest BCUT2D eigenvalue weighted by atomic mass is 9.78. The topological polar surface area (TPSA) is 46.5 Å². The van der Waals surface area contributed by atoms with E-state index in [2.05, 4.69) is 35.7 Å². The molecule has 5 heteroatoms. The molecule has 1 N–H and O–H groups in total. The molecular weight excluding hydrogens is 376 g/mol. The van der Waals surface area contributed by atoms with Crippen molar-refractivity contribution in [2.24, 2.45) is 11.8 Å². The molecule has 0 aromatic heterocycles. The van der Waals surface area contributed by atoms with Crippen LogP contribution in [0.2, 0.25) is 0 Å². The van der Waals surface area contributed by atoms with Gasteiger partial charge in [0.1, 0.15) is 0 Å². The predicted octanol–water partition coefficient (Wildman–Crippen LogP) is 5.78. The highest BCUT2D eigenvalue weighted by atomic mass is 32.2. The maximum absolute atomic E-state index is 10.6. The molecular formula is C22H36O3S2. The van der Waals surface area contributed by atoms with Crippen LogP contribution in [-0.2, 0) is 9.53 Å². The number of unbranched alkanes of at least 4 members (excludes halogenated alkanes) is 1. The Labute approximate surface area is 173 Å². The van der Waals surface area contributed by atoms with E-state index in [0.29, 0.717) is 18.1 Å². The summed E-state index contributed by atoms with van der Waals surface area (Å²) in [4.78, 5) is 10.6. The van der Waals surface area contributed by atoms with Crippen LogP contribution in [0.5, 0.6) is 0 Å². The Kier molecular flexibility index (Phi) is 9.41. The van der Waals surface area contributed by atoms with Crippen molar-refractivity contribution < 1.29 is 14.6 Å². The van der Waals surface area contributed by atoms with E-state index in [1.807, 2.05) is 0 Å². The molecule has 2 bridgehead atoms. The second kappa shape index (κ2) is 11.8. The van der Waals surface area contributed by atoms with Gasteiger partial charge in [0.2, 0.25) is 0 Å². The highest BCUT2D eigenvalue weighted by molar-refractivity contribution is 8.03. The van der Waals surface area contributed by atoms with Crippen molar-refractivity contribution >= 4 is 29.5 Å². The molecule has 0 unspecified atom stereocenters. The summed E-state index contributed by atoms with van der Waals surface area (Å²) >= 11 is 4.36. The predicted molar refractivity (Wildman–Crippen MR) is 117 cm³/mol. The zero-order chi connectivity index (χ0) is 18.9. The minimum Gasteiger partial charge on any atom is -0.481 e. The summed E-state index contributed by atoms with van der Waals surface area (Å²) in [5, 5.41) is 9.63. The fourth-order valence-corrected chi connectivity index (χ4v) is 7.65. The van der Waals surface area contributed by atoms with Crippen molar-refractivity contribution in [1.29, 1.82) is 0 Å². The number of thioether (sulfide) groups is 2. The molecule has 3 aliphatic rings. The second-order valence-electron chi connectivity index (χ2n) is 8.32. The third-order valence-corrected chi connectivity index (χ3v) is 9.12.